The minimum absolute atomic E-state index is 0.00162. The molecule has 0 N–H and O–H groups in total. The summed E-state index contributed by atoms with van der Waals surface area (Å²) < 4.78 is 89.9. The minimum Gasteiger partial charge on any atom is -0.373 e. The highest BCUT2D eigenvalue weighted by Crippen LogP contribution is 2.34. The molecule has 4 rings (SSSR count). The molecule has 33 heavy (non-hydrogen) atoms. The van der Waals surface area contributed by atoms with E-state index in [9.17, 15) is 26.3 Å². The van der Waals surface area contributed by atoms with Crippen molar-refractivity contribution in [1.29, 1.82) is 0 Å². The summed E-state index contributed by atoms with van der Waals surface area (Å²) in [6.45, 7) is 4.24. The van der Waals surface area contributed by atoms with Gasteiger partial charge in [0.15, 0.2) is 17.5 Å². The maximum absolute atomic E-state index is 14.8. The van der Waals surface area contributed by atoms with Crippen LogP contribution in [0.1, 0.15) is 35.6 Å². The molecule has 0 amide bonds. The van der Waals surface area contributed by atoms with Crippen molar-refractivity contribution in [1.82, 2.24) is 0 Å². The van der Waals surface area contributed by atoms with Crippen LogP contribution in [0.2, 0.25) is 0 Å². The Labute approximate surface area is 187 Å². The van der Waals surface area contributed by atoms with Crippen molar-refractivity contribution in [3.8, 4) is 11.1 Å². The van der Waals surface area contributed by atoms with Gasteiger partial charge in [0.1, 0.15) is 17.5 Å². The van der Waals surface area contributed by atoms with Gasteiger partial charge in [0.05, 0.1) is 12.7 Å². The van der Waals surface area contributed by atoms with E-state index in [1.54, 1.807) is 6.07 Å². The van der Waals surface area contributed by atoms with Crippen LogP contribution in [0.15, 0.2) is 55.1 Å². The molecule has 3 aromatic carbocycles. The SMILES string of the molecule is C=CC1CCC(c2ccc(-c3cc(F)c(Cc4cc(F)c(F)c(F)c4)c(F)c3)c(F)c2)OC1. The Morgan fingerprint density at radius 1 is 0.818 bits per heavy atom. The molecule has 0 bridgehead atoms. The minimum atomic E-state index is -1.66. The summed E-state index contributed by atoms with van der Waals surface area (Å²) in [4.78, 5) is 0. The van der Waals surface area contributed by atoms with Crippen LogP contribution in [-0.4, -0.2) is 6.61 Å². The number of ether oxygens (including phenoxy) is 1. The van der Waals surface area contributed by atoms with Crippen molar-refractivity contribution < 1.29 is 31.1 Å². The lowest BCUT2D eigenvalue weighted by atomic mass is 9.93. The van der Waals surface area contributed by atoms with Crippen LogP contribution in [0.5, 0.6) is 0 Å². The normalized spacial score (nSPS) is 18.4. The molecular weight excluding hydrogens is 442 g/mol. The van der Waals surface area contributed by atoms with E-state index in [2.05, 4.69) is 6.58 Å². The fourth-order valence-corrected chi connectivity index (χ4v) is 4.03. The van der Waals surface area contributed by atoms with Gasteiger partial charge in [0.25, 0.3) is 0 Å². The van der Waals surface area contributed by atoms with Crippen LogP contribution >= 0.6 is 0 Å². The van der Waals surface area contributed by atoms with Gasteiger partial charge in [0, 0.05) is 23.5 Å². The maximum Gasteiger partial charge on any atom is 0.194 e. The molecule has 1 saturated heterocycles. The zero-order chi connectivity index (χ0) is 23.7. The first kappa shape index (κ1) is 23.1. The first-order valence-electron chi connectivity index (χ1n) is 10.4. The zero-order valence-electron chi connectivity index (χ0n) is 17.5. The van der Waals surface area contributed by atoms with Crippen molar-refractivity contribution in [2.24, 2.45) is 5.92 Å². The molecule has 1 nitrogen and oxygen atoms in total. The third-order valence-corrected chi connectivity index (χ3v) is 5.89. The van der Waals surface area contributed by atoms with Crippen LogP contribution in [-0.2, 0) is 11.2 Å². The highest BCUT2D eigenvalue weighted by atomic mass is 19.2. The number of halogens is 6. The van der Waals surface area contributed by atoms with Crippen molar-refractivity contribution in [2.45, 2.75) is 25.4 Å². The number of hydrogen-bond donors (Lipinski definition) is 0. The zero-order valence-corrected chi connectivity index (χ0v) is 17.5. The molecule has 172 valence electrons. The molecule has 0 radical (unpaired) electrons. The molecule has 7 heteroatoms. The summed E-state index contributed by atoms with van der Waals surface area (Å²) in [5.41, 5.74) is 0.0104. The highest BCUT2D eigenvalue weighted by molar-refractivity contribution is 5.65. The van der Waals surface area contributed by atoms with Gasteiger partial charge in [-0.3, -0.25) is 0 Å². The predicted molar refractivity (Wildman–Crippen MR) is 112 cm³/mol. The summed E-state index contributed by atoms with van der Waals surface area (Å²) >= 11 is 0. The monoisotopic (exact) mass is 462 g/mol. The van der Waals surface area contributed by atoms with E-state index in [0.29, 0.717) is 30.7 Å². The lowest BCUT2D eigenvalue weighted by Gasteiger charge is -2.27. The van der Waals surface area contributed by atoms with E-state index < -0.39 is 46.9 Å². The van der Waals surface area contributed by atoms with Crippen LogP contribution in [0.4, 0.5) is 26.3 Å². The lowest BCUT2D eigenvalue weighted by molar-refractivity contribution is -0.00528. The second-order valence-electron chi connectivity index (χ2n) is 8.10. The Bertz CT molecular complexity index is 1150. The lowest BCUT2D eigenvalue weighted by Crippen LogP contribution is -2.19. The molecule has 0 spiro atoms. The average molecular weight is 462 g/mol. The molecule has 3 aromatic rings. The number of hydrogen-bond acceptors (Lipinski definition) is 1. The van der Waals surface area contributed by atoms with Gasteiger partial charge in [-0.05, 0) is 59.9 Å². The maximum atomic E-state index is 14.8. The summed E-state index contributed by atoms with van der Waals surface area (Å²) in [7, 11) is 0. The smallest absolute Gasteiger partial charge is 0.194 e. The van der Waals surface area contributed by atoms with Crippen molar-refractivity contribution >= 4 is 0 Å². The van der Waals surface area contributed by atoms with Crippen LogP contribution in [0, 0.1) is 40.8 Å². The number of rotatable bonds is 5. The van der Waals surface area contributed by atoms with Gasteiger partial charge >= 0.3 is 0 Å². The van der Waals surface area contributed by atoms with Gasteiger partial charge in [-0.15, -0.1) is 6.58 Å². The molecule has 1 aliphatic rings. The standard InChI is InChI=1S/C26H20F6O/c1-2-14-3-6-25(33-13-14)16-4-5-18(20(27)10-16)17-11-21(28)19(22(29)12-17)7-15-8-23(30)26(32)24(31)9-15/h2,4-5,8-12,14,25H,1,3,6-7,13H2. The van der Waals surface area contributed by atoms with Crippen LogP contribution in [0.3, 0.4) is 0 Å². The Morgan fingerprint density at radius 2 is 1.48 bits per heavy atom. The Hall–Kier alpha value is -3.06. The van der Waals surface area contributed by atoms with Gasteiger partial charge in [0.2, 0.25) is 0 Å². The predicted octanol–water partition coefficient (Wildman–Crippen LogP) is 7.43. The van der Waals surface area contributed by atoms with Crippen LogP contribution < -0.4 is 0 Å². The summed E-state index contributed by atoms with van der Waals surface area (Å²) in [5, 5.41) is 0. The Morgan fingerprint density at radius 3 is 2.03 bits per heavy atom. The van der Waals surface area contributed by atoms with Crippen LogP contribution in [0.25, 0.3) is 11.1 Å². The summed E-state index contributed by atoms with van der Waals surface area (Å²) in [6.07, 6.45) is 2.64. The van der Waals surface area contributed by atoms with E-state index in [1.807, 2.05) is 6.08 Å². The molecule has 1 aliphatic heterocycles. The first-order chi connectivity index (χ1) is 15.8. The van der Waals surface area contributed by atoms with E-state index in [4.69, 9.17) is 4.74 Å². The third-order valence-electron chi connectivity index (χ3n) is 5.89. The van der Waals surface area contributed by atoms with Crippen molar-refractivity contribution in [3.05, 3.63) is 107 Å². The van der Waals surface area contributed by atoms with E-state index >= 15 is 0 Å². The van der Waals surface area contributed by atoms with E-state index in [1.165, 1.54) is 12.1 Å². The van der Waals surface area contributed by atoms with Crippen molar-refractivity contribution in [2.75, 3.05) is 6.61 Å². The summed E-state index contributed by atoms with van der Waals surface area (Å²) in [6, 6.07) is 7.65. The van der Waals surface area contributed by atoms with Gasteiger partial charge in [-0.25, -0.2) is 26.3 Å². The molecule has 1 fully saturated rings. The molecule has 2 unspecified atom stereocenters. The molecule has 0 saturated carbocycles. The largest absolute Gasteiger partial charge is 0.373 e. The molecule has 0 aromatic heterocycles. The first-order valence-corrected chi connectivity index (χ1v) is 10.4. The summed E-state index contributed by atoms with van der Waals surface area (Å²) in [5.74, 6) is -6.98. The Kier molecular flexibility index (Phi) is 6.61. The number of benzene rings is 3. The quantitative estimate of drug-likeness (QED) is 0.218. The van der Waals surface area contributed by atoms with Crippen molar-refractivity contribution in [3.63, 3.8) is 0 Å². The fourth-order valence-electron chi connectivity index (χ4n) is 4.03. The average Bonchev–Trinajstić information content (AvgIpc) is 2.79. The Balaban J connectivity index is 1.58. The highest BCUT2D eigenvalue weighted by Gasteiger charge is 2.23. The third kappa shape index (κ3) is 4.83. The van der Waals surface area contributed by atoms with E-state index in [0.717, 1.165) is 18.6 Å². The molecular formula is C26H20F6O. The molecule has 1 heterocycles. The topological polar surface area (TPSA) is 9.23 Å². The molecule has 2 atom stereocenters. The van der Waals surface area contributed by atoms with Gasteiger partial charge in [-0.1, -0.05) is 18.2 Å². The second-order valence-corrected chi connectivity index (χ2v) is 8.10. The van der Waals surface area contributed by atoms with E-state index in [-0.39, 0.29) is 28.7 Å². The van der Waals surface area contributed by atoms with Gasteiger partial charge < -0.3 is 4.74 Å². The fraction of sp³-hybridized carbons (Fsp3) is 0.231. The molecule has 0 aliphatic carbocycles. The van der Waals surface area contributed by atoms with Gasteiger partial charge in [-0.2, -0.15) is 0 Å². The second kappa shape index (κ2) is 9.43.